The molecule has 1 heterocycles. The van der Waals surface area contributed by atoms with Crippen LogP contribution in [0.4, 0.5) is 5.69 Å². The van der Waals surface area contributed by atoms with Gasteiger partial charge in [0.1, 0.15) is 4.88 Å². The van der Waals surface area contributed by atoms with E-state index in [4.69, 9.17) is 4.74 Å². The topological polar surface area (TPSA) is 87.7 Å². The van der Waals surface area contributed by atoms with Crippen LogP contribution in [0.25, 0.3) is 0 Å². The SMILES string of the molecule is COC(=O)c1sccc1NC(=O)CN(Cc1ccc(C(=O)NC2CC2)cc1)C1CC1. The molecule has 0 radical (unpaired) electrons. The highest BCUT2D eigenvalue weighted by Crippen LogP contribution is 2.29. The minimum Gasteiger partial charge on any atom is -0.465 e. The molecule has 1 aromatic heterocycles. The van der Waals surface area contributed by atoms with Crippen LogP contribution in [0, 0.1) is 0 Å². The fraction of sp³-hybridized carbons (Fsp3) is 0.409. The number of thiophene rings is 1. The molecule has 8 heteroatoms. The van der Waals surface area contributed by atoms with Gasteiger partial charge in [0.15, 0.2) is 0 Å². The van der Waals surface area contributed by atoms with Crippen molar-refractivity contribution in [3.05, 3.63) is 51.7 Å². The van der Waals surface area contributed by atoms with E-state index in [1.807, 2.05) is 24.3 Å². The molecule has 2 amide bonds. The standard InChI is InChI=1S/C22H25N3O4S/c1-29-22(28)20-18(10-11-30-20)24-19(26)13-25(17-8-9-17)12-14-2-4-15(5-3-14)21(27)23-16-6-7-16/h2-5,10-11,16-17H,6-9,12-13H2,1H3,(H,23,27)(H,24,26). The maximum atomic E-state index is 12.6. The molecule has 30 heavy (non-hydrogen) atoms. The lowest BCUT2D eigenvalue weighted by Gasteiger charge is -2.21. The van der Waals surface area contributed by atoms with Crippen molar-refractivity contribution in [3.8, 4) is 0 Å². The predicted molar refractivity (Wildman–Crippen MR) is 115 cm³/mol. The molecule has 0 atom stereocenters. The molecule has 2 saturated carbocycles. The van der Waals surface area contributed by atoms with Crippen molar-refractivity contribution in [2.75, 3.05) is 19.0 Å². The normalized spacial score (nSPS) is 15.7. The number of hydrogen-bond donors (Lipinski definition) is 2. The molecule has 0 saturated heterocycles. The van der Waals surface area contributed by atoms with Crippen molar-refractivity contribution >= 4 is 34.8 Å². The van der Waals surface area contributed by atoms with Crippen molar-refractivity contribution in [3.63, 3.8) is 0 Å². The molecule has 4 rings (SSSR count). The molecule has 2 aromatic rings. The van der Waals surface area contributed by atoms with Gasteiger partial charge in [0.05, 0.1) is 19.3 Å². The number of methoxy groups -OCH3 is 1. The highest BCUT2D eigenvalue weighted by Gasteiger charge is 2.31. The first kappa shape index (κ1) is 20.6. The Kier molecular flexibility index (Phi) is 6.15. The summed E-state index contributed by atoms with van der Waals surface area (Å²) >= 11 is 1.24. The number of ether oxygens (including phenoxy) is 1. The van der Waals surface area contributed by atoms with E-state index in [-0.39, 0.29) is 18.4 Å². The van der Waals surface area contributed by atoms with Crippen LogP contribution in [0.1, 0.15) is 51.3 Å². The monoisotopic (exact) mass is 427 g/mol. The summed E-state index contributed by atoms with van der Waals surface area (Å²) in [6.07, 6.45) is 4.27. The van der Waals surface area contributed by atoms with E-state index in [9.17, 15) is 14.4 Å². The van der Waals surface area contributed by atoms with E-state index >= 15 is 0 Å². The lowest BCUT2D eigenvalue weighted by atomic mass is 10.1. The lowest BCUT2D eigenvalue weighted by Crippen LogP contribution is -2.34. The van der Waals surface area contributed by atoms with E-state index in [1.54, 1.807) is 11.4 Å². The Balaban J connectivity index is 1.35. The number of benzene rings is 1. The molecule has 0 aliphatic heterocycles. The number of esters is 1. The number of rotatable bonds is 9. The highest BCUT2D eigenvalue weighted by molar-refractivity contribution is 7.12. The van der Waals surface area contributed by atoms with Crippen LogP contribution in [0.15, 0.2) is 35.7 Å². The minimum absolute atomic E-state index is 0.0281. The smallest absolute Gasteiger partial charge is 0.350 e. The summed E-state index contributed by atoms with van der Waals surface area (Å²) in [6, 6.07) is 10.0. The van der Waals surface area contributed by atoms with Crippen LogP contribution in [-0.4, -0.2) is 48.4 Å². The Morgan fingerprint density at radius 3 is 2.47 bits per heavy atom. The lowest BCUT2D eigenvalue weighted by molar-refractivity contribution is -0.117. The van der Waals surface area contributed by atoms with E-state index in [1.165, 1.54) is 18.4 Å². The summed E-state index contributed by atoms with van der Waals surface area (Å²) in [6.45, 7) is 0.876. The maximum absolute atomic E-state index is 12.6. The van der Waals surface area contributed by atoms with Gasteiger partial charge in [-0.3, -0.25) is 14.5 Å². The second-order valence-electron chi connectivity index (χ2n) is 7.78. The number of nitrogens with zero attached hydrogens (tertiary/aromatic N) is 1. The number of carbonyl (C=O) groups is 3. The van der Waals surface area contributed by atoms with E-state index in [0.717, 1.165) is 31.2 Å². The summed E-state index contributed by atoms with van der Waals surface area (Å²) < 4.78 is 4.76. The van der Waals surface area contributed by atoms with Gasteiger partial charge >= 0.3 is 5.97 Å². The average molecular weight is 428 g/mol. The number of nitrogens with one attached hydrogen (secondary N) is 2. The van der Waals surface area contributed by atoms with Gasteiger partial charge in [-0.25, -0.2) is 4.79 Å². The molecule has 0 spiro atoms. The molecule has 1 aromatic carbocycles. The Morgan fingerprint density at radius 2 is 1.83 bits per heavy atom. The Labute approximate surface area is 179 Å². The molecule has 0 unspecified atom stereocenters. The van der Waals surface area contributed by atoms with Crippen molar-refractivity contribution in [2.24, 2.45) is 0 Å². The van der Waals surface area contributed by atoms with Crippen LogP contribution in [-0.2, 0) is 16.1 Å². The van der Waals surface area contributed by atoms with Crippen molar-refractivity contribution in [1.82, 2.24) is 10.2 Å². The van der Waals surface area contributed by atoms with E-state index in [2.05, 4.69) is 15.5 Å². The fourth-order valence-corrected chi connectivity index (χ4v) is 4.04. The fourth-order valence-electron chi connectivity index (χ4n) is 3.28. The highest BCUT2D eigenvalue weighted by atomic mass is 32.1. The summed E-state index contributed by atoms with van der Waals surface area (Å²) in [5.74, 6) is -0.643. The minimum atomic E-state index is -0.454. The maximum Gasteiger partial charge on any atom is 0.350 e. The van der Waals surface area contributed by atoms with Gasteiger partial charge in [0.25, 0.3) is 5.91 Å². The Bertz CT molecular complexity index is 932. The largest absolute Gasteiger partial charge is 0.465 e. The zero-order valence-corrected chi connectivity index (χ0v) is 17.7. The second kappa shape index (κ2) is 8.97. The van der Waals surface area contributed by atoms with Crippen LogP contribution < -0.4 is 10.6 Å². The Morgan fingerprint density at radius 1 is 1.10 bits per heavy atom. The van der Waals surface area contributed by atoms with Gasteiger partial charge in [-0.15, -0.1) is 11.3 Å². The van der Waals surface area contributed by atoms with E-state index < -0.39 is 5.97 Å². The van der Waals surface area contributed by atoms with Gasteiger partial charge in [0.2, 0.25) is 5.91 Å². The van der Waals surface area contributed by atoms with Crippen molar-refractivity contribution in [1.29, 1.82) is 0 Å². The first-order valence-corrected chi connectivity index (χ1v) is 11.0. The van der Waals surface area contributed by atoms with Crippen molar-refractivity contribution in [2.45, 2.75) is 44.3 Å². The summed E-state index contributed by atoms with van der Waals surface area (Å²) in [4.78, 5) is 39.1. The first-order chi connectivity index (χ1) is 14.5. The van der Waals surface area contributed by atoms with Gasteiger partial charge in [0, 0.05) is 24.2 Å². The number of carbonyl (C=O) groups excluding carboxylic acids is 3. The molecule has 158 valence electrons. The molecular weight excluding hydrogens is 402 g/mol. The third-order valence-electron chi connectivity index (χ3n) is 5.23. The molecule has 2 N–H and O–H groups in total. The predicted octanol–water partition coefficient (Wildman–Crippen LogP) is 3.03. The quantitative estimate of drug-likeness (QED) is 0.601. The van der Waals surface area contributed by atoms with Gasteiger partial charge < -0.3 is 15.4 Å². The van der Waals surface area contributed by atoms with Gasteiger partial charge in [-0.2, -0.15) is 0 Å². The molecular formula is C22H25N3O4S. The first-order valence-electron chi connectivity index (χ1n) is 10.1. The van der Waals surface area contributed by atoms with Crippen molar-refractivity contribution < 1.29 is 19.1 Å². The van der Waals surface area contributed by atoms with Crippen LogP contribution in [0.3, 0.4) is 0 Å². The zero-order chi connectivity index (χ0) is 21.1. The number of hydrogen-bond acceptors (Lipinski definition) is 6. The third kappa shape index (κ3) is 5.25. The average Bonchev–Trinajstić information content (AvgIpc) is 3.67. The molecule has 2 fully saturated rings. The number of amides is 2. The van der Waals surface area contributed by atoms with E-state index in [0.29, 0.717) is 34.8 Å². The van der Waals surface area contributed by atoms with Crippen LogP contribution >= 0.6 is 11.3 Å². The molecule has 2 aliphatic rings. The second-order valence-corrected chi connectivity index (χ2v) is 8.70. The number of anilines is 1. The summed E-state index contributed by atoms with van der Waals surface area (Å²) in [7, 11) is 1.32. The Hall–Kier alpha value is -2.71. The van der Waals surface area contributed by atoms with Gasteiger partial charge in [-0.1, -0.05) is 12.1 Å². The third-order valence-corrected chi connectivity index (χ3v) is 6.13. The van der Waals surface area contributed by atoms with Crippen LogP contribution in [0.5, 0.6) is 0 Å². The zero-order valence-electron chi connectivity index (χ0n) is 16.8. The summed E-state index contributed by atoms with van der Waals surface area (Å²) in [5, 5.41) is 7.57. The molecule has 0 bridgehead atoms. The summed E-state index contributed by atoms with van der Waals surface area (Å²) in [5.41, 5.74) is 2.20. The molecule has 2 aliphatic carbocycles. The van der Waals surface area contributed by atoms with Gasteiger partial charge in [-0.05, 0) is 54.8 Å². The molecule has 7 nitrogen and oxygen atoms in total. The van der Waals surface area contributed by atoms with Crippen LogP contribution in [0.2, 0.25) is 0 Å².